The van der Waals surface area contributed by atoms with Gasteiger partial charge in [-0.1, -0.05) is 51.7 Å². The largest absolute Gasteiger partial charge is 0.243 e. The summed E-state index contributed by atoms with van der Waals surface area (Å²) in [5, 5.41) is 0. The van der Waals surface area contributed by atoms with E-state index in [4.69, 9.17) is 0 Å². The predicted octanol–water partition coefficient (Wildman–Crippen LogP) is 4.90. The van der Waals surface area contributed by atoms with Gasteiger partial charge < -0.3 is 0 Å². The van der Waals surface area contributed by atoms with E-state index in [1.807, 2.05) is 13.0 Å². The van der Waals surface area contributed by atoms with Crippen LogP contribution >= 0.6 is 0 Å². The zero-order valence-corrected chi connectivity index (χ0v) is 10.1. The fraction of sp³-hybridized carbons (Fsp3) is 0.846. The molecular formula is C13H25F. The van der Waals surface area contributed by atoms with Crippen LogP contribution in [-0.4, -0.2) is 6.17 Å². The average molecular weight is 200 g/mol. The van der Waals surface area contributed by atoms with Gasteiger partial charge in [-0.2, -0.15) is 0 Å². The maximum Gasteiger partial charge on any atom is 0.118 e. The second-order valence-corrected chi connectivity index (χ2v) is 4.26. The molecule has 0 fully saturated rings. The molecule has 0 nitrogen and oxygen atoms in total. The van der Waals surface area contributed by atoms with E-state index in [0.717, 1.165) is 6.42 Å². The Labute approximate surface area is 88.6 Å². The quantitative estimate of drug-likeness (QED) is 0.513. The number of unbranched alkanes of at least 4 members (excludes halogenated alkanes) is 1. The second-order valence-electron chi connectivity index (χ2n) is 4.26. The van der Waals surface area contributed by atoms with Crippen molar-refractivity contribution in [3.05, 3.63) is 11.6 Å². The summed E-state index contributed by atoms with van der Waals surface area (Å²) in [6.07, 6.45) is 6.33. The molecule has 0 amide bonds. The fourth-order valence-electron chi connectivity index (χ4n) is 1.55. The summed E-state index contributed by atoms with van der Waals surface area (Å²) in [6, 6.07) is 0. The number of halogens is 1. The summed E-state index contributed by atoms with van der Waals surface area (Å²) in [5.41, 5.74) is 1.22. The van der Waals surface area contributed by atoms with Crippen LogP contribution in [0.25, 0.3) is 0 Å². The zero-order chi connectivity index (χ0) is 11.0. The summed E-state index contributed by atoms with van der Waals surface area (Å²) in [4.78, 5) is 0. The zero-order valence-electron chi connectivity index (χ0n) is 10.1. The molecular weight excluding hydrogens is 175 g/mol. The fourth-order valence-corrected chi connectivity index (χ4v) is 1.55. The lowest BCUT2D eigenvalue weighted by Gasteiger charge is -2.12. The summed E-state index contributed by atoms with van der Waals surface area (Å²) in [6.45, 7) is 8.47. The van der Waals surface area contributed by atoms with E-state index in [-0.39, 0.29) is 0 Å². The standard InChI is InChI=1S/C13H25F/c1-5-7-9-11(3)12(4)10-13(14)8-6-2/h10-11,13H,5-9H2,1-4H3/b12-10+. The van der Waals surface area contributed by atoms with E-state index in [0.29, 0.717) is 12.3 Å². The van der Waals surface area contributed by atoms with Crippen LogP contribution in [0.15, 0.2) is 11.6 Å². The Bertz CT molecular complexity index is 161. The molecule has 0 aliphatic heterocycles. The van der Waals surface area contributed by atoms with Crippen molar-refractivity contribution in [2.45, 2.75) is 66.0 Å². The first-order valence-corrected chi connectivity index (χ1v) is 5.94. The molecule has 0 spiro atoms. The minimum Gasteiger partial charge on any atom is -0.243 e. The molecule has 14 heavy (non-hydrogen) atoms. The molecule has 1 heteroatoms. The normalized spacial score (nSPS) is 16.8. The first-order valence-electron chi connectivity index (χ1n) is 5.94. The van der Waals surface area contributed by atoms with Gasteiger partial charge in [0, 0.05) is 0 Å². The first kappa shape index (κ1) is 13.7. The Morgan fingerprint density at radius 3 is 2.36 bits per heavy atom. The number of allylic oxidation sites excluding steroid dienone is 2. The van der Waals surface area contributed by atoms with Gasteiger partial charge in [0.15, 0.2) is 0 Å². The molecule has 84 valence electrons. The van der Waals surface area contributed by atoms with Crippen molar-refractivity contribution in [2.24, 2.45) is 5.92 Å². The van der Waals surface area contributed by atoms with Crippen LogP contribution in [0, 0.1) is 5.92 Å². The average Bonchev–Trinajstić information content (AvgIpc) is 2.14. The molecule has 0 radical (unpaired) electrons. The van der Waals surface area contributed by atoms with Crippen LogP contribution in [0.4, 0.5) is 4.39 Å². The molecule has 0 saturated heterocycles. The van der Waals surface area contributed by atoms with Crippen LogP contribution in [0.3, 0.4) is 0 Å². The third kappa shape index (κ3) is 6.17. The maximum atomic E-state index is 13.3. The van der Waals surface area contributed by atoms with Crippen molar-refractivity contribution in [2.75, 3.05) is 0 Å². The van der Waals surface area contributed by atoms with Gasteiger partial charge in [0.2, 0.25) is 0 Å². The van der Waals surface area contributed by atoms with Crippen molar-refractivity contribution < 1.29 is 4.39 Å². The van der Waals surface area contributed by atoms with Gasteiger partial charge in [0.05, 0.1) is 0 Å². The molecule has 0 aromatic rings. The molecule has 0 saturated carbocycles. The molecule has 0 aliphatic rings. The van der Waals surface area contributed by atoms with Crippen LogP contribution in [0.2, 0.25) is 0 Å². The van der Waals surface area contributed by atoms with Crippen LogP contribution < -0.4 is 0 Å². The lowest BCUT2D eigenvalue weighted by Crippen LogP contribution is -2.01. The highest BCUT2D eigenvalue weighted by Gasteiger charge is 2.07. The number of hydrogen-bond donors (Lipinski definition) is 0. The van der Waals surface area contributed by atoms with E-state index in [9.17, 15) is 4.39 Å². The predicted molar refractivity (Wildman–Crippen MR) is 62.3 cm³/mol. The summed E-state index contributed by atoms with van der Waals surface area (Å²) < 4.78 is 13.3. The number of alkyl halides is 1. The number of rotatable bonds is 7. The topological polar surface area (TPSA) is 0 Å². The van der Waals surface area contributed by atoms with Gasteiger partial charge in [-0.05, 0) is 25.7 Å². The van der Waals surface area contributed by atoms with E-state index < -0.39 is 6.17 Å². The molecule has 2 atom stereocenters. The molecule has 0 bridgehead atoms. The van der Waals surface area contributed by atoms with Crippen molar-refractivity contribution in [1.82, 2.24) is 0 Å². The van der Waals surface area contributed by atoms with E-state index in [1.54, 1.807) is 0 Å². The summed E-state index contributed by atoms with van der Waals surface area (Å²) in [5.74, 6) is 0.546. The second kappa shape index (κ2) is 8.02. The third-order valence-electron chi connectivity index (χ3n) is 2.78. The molecule has 0 aromatic heterocycles. The van der Waals surface area contributed by atoms with Gasteiger partial charge in [-0.15, -0.1) is 0 Å². The van der Waals surface area contributed by atoms with Crippen molar-refractivity contribution in [1.29, 1.82) is 0 Å². The molecule has 0 rings (SSSR count). The maximum absolute atomic E-state index is 13.3. The summed E-state index contributed by atoms with van der Waals surface area (Å²) in [7, 11) is 0. The molecule has 2 unspecified atom stereocenters. The lowest BCUT2D eigenvalue weighted by molar-refractivity contribution is 0.371. The highest BCUT2D eigenvalue weighted by atomic mass is 19.1. The number of hydrogen-bond acceptors (Lipinski definition) is 0. The Kier molecular flexibility index (Phi) is 7.83. The van der Waals surface area contributed by atoms with Gasteiger partial charge >= 0.3 is 0 Å². The van der Waals surface area contributed by atoms with Crippen LogP contribution in [0.5, 0.6) is 0 Å². The minimum absolute atomic E-state index is 0.546. The smallest absolute Gasteiger partial charge is 0.118 e. The highest BCUT2D eigenvalue weighted by molar-refractivity contribution is 5.05. The first-order chi connectivity index (χ1) is 6.61. The molecule has 0 aliphatic carbocycles. The molecule has 0 aromatic carbocycles. The molecule has 0 N–H and O–H groups in total. The van der Waals surface area contributed by atoms with E-state index in [2.05, 4.69) is 20.8 Å². The molecule has 0 heterocycles. The minimum atomic E-state index is -0.732. The van der Waals surface area contributed by atoms with Crippen molar-refractivity contribution in [3.8, 4) is 0 Å². The Balaban J connectivity index is 3.94. The summed E-state index contributed by atoms with van der Waals surface area (Å²) >= 11 is 0. The van der Waals surface area contributed by atoms with Crippen LogP contribution in [0.1, 0.15) is 59.8 Å². The van der Waals surface area contributed by atoms with Crippen molar-refractivity contribution in [3.63, 3.8) is 0 Å². The van der Waals surface area contributed by atoms with Gasteiger partial charge in [-0.3, -0.25) is 0 Å². The van der Waals surface area contributed by atoms with Gasteiger partial charge in [-0.25, -0.2) is 4.39 Å². The monoisotopic (exact) mass is 200 g/mol. The van der Waals surface area contributed by atoms with E-state index in [1.165, 1.54) is 24.8 Å². The SMILES string of the molecule is CCCCC(C)/C(C)=C/C(F)CCC. The Morgan fingerprint density at radius 2 is 1.86 bits per heavy atom. The van der Waals surface area contributed by atoms with Gasteiger partial charge in [0.25, 0.3) is 0 Å². The van der Waals surface area contributed by atoms with Gasteiger partial charge in [0.1, 0.15) is 6.17 Å². The highest BCUT2D eigenvalue weighted by Crippen LogP contribution is 2.19. The van der Waals surface area contributed by atoms with Crippen LogP contribution in [-0.2, 0) is 0 Å². The van der Waals surface area contributed by atoms with Crippen molar-refractivity contribution >= 4 is 0 Å². The Hall–Kier alpha value is -0.330. The Morgan fingerprint density at radius 1 is 1.21 bits per heavy atom. The third-order valence-corrected chi connectivity index (χ3v) is 2.78. The lowest BCUT2D eigenvalue weighted by atomic mass is 9.95. The van der Waals surface area contributed by atoms with E-state index >= 15 is 0 Å².